The van der Waals surface area contributed by atoms with Gasteiger partial charge in [-0.3, -0.25) is 10.1 Å². The van der Waals surface area contributed by atoms with Crippen LogP contribution in [0.2, 0.25) is 0 Å². The minimum absolute atomic E-state index is 0.00169. The summed E-state index contributed by atoms with van der Waals surface area (Å²) in [5.41, 5.74) is -0.304. The fourth-order valence-corrected chi connectivity index (χ4v) is 1.45. The lowest BCUT2D eigenvalue weighted by Crippen LogP contribution is -1.96. The maximum Gasteiger partial charge on any atom is 0.369 e. The summed E-state index contributed by atoms with van der Waals surface area (Å²) in [4.78, 5) is 13.1. The minimum atomic E-state index is -5.01. The van der Waals surface area contributed by atoms with E-state index in [4.69, 9.17) is 0 Å². The van der Waals surface area contributed by atoms with Gasteiger partial charge < -0.3 is 0 Å². The molecule has 2 aromatic rings. The van der Waals surface area contributed by atoms with E-state index in [-0.39, 0.29) is 11.3 Å². The van der Waals surface area contributed by atoms with Gasteiger partial charge >= 0.3 is 10.2 Å². The zero-order valence-corrected chi connectivity index (χ0v) is 8.26. The lowest BCUT2D eigenvalue weighted by atomic mass is 10.4. The fraction of sp³-hybridized carbons (Fsp3) is 0. The molecule has 0 N–H and O–H groups in total. The number of halogens is 1. The zero-order chi connectivity index (χ0) is 11.9. The molecule has 0 aromatic carbocycles. The van der Waals surface area contributed by atoms with Gasteiger partial charge in [0.25, 0.3) is 10.8 Å². The smallest absolute Gasteiger partial charge is 0.258 e. The zero-order valence-electron chi connectivity index (χ0n) is 7.44. The number of nitro groups is 1. The van der Waals surface area contributed by atoms with Crippen LogP contribution in [0, 0.1) is 10.1 Å². The molecule has 0 spiro atoms. The average molecular weight is 246 g/mol. The van der Waals surface area contributed by atoms with Crippen molar-refractivity contribution in [3.63, 3.8) is 0 Å². The third-order valence-electron chi connectivity index (χ3n) is 1.72. The molecule has 0 unspecified atom stereocenters. The van der Waals surface area contributed by atoms with Crippen molar-refractivity contribution < 1.29 is 17.2 Å². The number of pyridine rings is 1. The van der Waals surface area contributed by atoms with Crippen molar-refractivity contribution >= 4 is 21.6 Å². The second-order valence-corrected chi connectivity index (χ2v) is 4.02. The molecule has 0 amide bonds. The van der Waals surface area contributed by atoms with Crippen molar-refractivity contribution in [1.29, 1.82) is 0 Å². The first-order chi connectivity index (χ1) is 7.38. The van der Waals surface area contributed by atoms with Gasteiger partial charge in [0, 0.05) is 6.07 Å². The Balaban J connectivity index is 2.68. The minimum Gasteiger partial charge on any atom is -0.258 e. The van der Waals surface area contributed by atoms with Crippen LogP contribution < -0.4 is 0 Å². The van der Waals surface area contributed by atoms with Crippen molar-refractivity contribution in [3.8, 4) is 0 Å². The maximum absolute atomic E-state index is 12.5. The van der Waals surface area contributed by atoms with Crippen molar-refractivity contribution in [3.05, 3.63) is 28.4 Å². The van der Waals surface area contributed by atoms with Gasteiger partial charge in [-0.15, -0.1) is 5.10 Å². The molecule has 0 saturated carbocycles. The molecule has 2 heterocycles. The molecule has 84 valence electrons. The number of hydrogen-bond donors (Lipinski definition) is 0. The molecule has 0 aliphatic carbocycles. The molecule has 8 nitrogen and oxygen atoms in total. The molecule has 16 heavy (non-hydrogen) atoms. The van der Waals surface area contributed by atoms with E-state index in [1.165, 1.54) is 6.07 Å². The standard InChI is InChI=1S/C6H3FN4O4S/c7-16(14,15)6-8-5-2-1-4(11(12)13)3-10(5)9-6/h1-3H. The molecule has 0 bridgehead atoms. The van der Waals surface area contributed by atoms with E-state index in [2.05, 4.69) is 10.1 Å². The van der Waals surface area contributed by atoms with Gasteiger partial charge in [0.1, 0.15) is 6.20 Å². The number of hydrogen-bond acceptors (Lipinski definition) is 6. The Labute approximate surface area is 87.7 Å². The Hall–Kier alpha value is -2.10. The summed E-state index contributed by atoms with van der Waals surface area (Å²) in [5.74, 6) is 0. The summed E-state index contributed by atoms with van der Waals surface area (Å²) in [6.45, 7) is 0. The Morgan fingerprint density at radius 1 is 1.44 bits per heavy atom. The summed E-state index contributed by atoms with van der Waals surface area (Å²) >= 11 is 0. The van der Waals surface area contributed by atoms with Crippen LogP contribution in [-0.4, -0.2) is 27.9 Å². The highest BCUT2D eigenvalue weighted by atomic mass is 32.3. The molecule has 2 aromatic heterocycles. The lowest BCUT2D eigenvalue weighted by molar-refractivity contribution is -0.385. The summed E-state index contributed by atoms with van der Waals surface area (Å²) in [6, 6.07) is 2.28. The van der Waals surface area contributed by atoms with Crippen molar-refractivity contribution in [2.45, 2.75) is 5.16 Å². The van der Waals surface area contributed by atoms with Crippen LogP contribution in [0.1, 0.15) is 0 Å². The van der Waals surface area contributed by atoms with Crippen LogP contribution >= 0.6 is 0 Å². The Bertz CT molecular complexity index is 679. The highest BCUT2D eigenvalue weighted by Gasteiger charge is 2.19. The first-order valence-electron chi connectivity index (χ1n) is 3.83. The molecule has 2 rings (SSSR count). The molecule has 0 atom stereocenters. The van der Waals surface area contributed by atoms with Crippen molar-refractivity contribution in [2.24, 2.45) is 0 Å². The topological polar surface area (TPSA) is 107 Å². The van der Waals surface area contributed by atoms with Crippen LogP contribution in [0.5, 0.6) is 0 Å². The summed E-state index contributed by atoms with van der Waals surface area (Å²) < 4.78 is 34.3. The van der Waals surface area contributed by atoms with Gasteiger partial charge in [-0.05, 0) is 6.07 Å². The first-order valence-corrected chi connectivity index (χ1v) is 5.22. The number of nitrogens with zero attached hydrogens (tertiary/aromatic N) is 4. The van der Waals surface area contributed by atoms with E-state index < -0.39 is 20.3 Å². The first kappa shape index (κ1) is 10.4. The maximum atomic E-state index is 12.5. The van der Waals surface area contributed by atoms with Gasteiger partial charge in [-0.25, -0.2) is 4.52 Å². The molecule has 0 saturated heterocycles. The van der Waals surface area contributed by atoms with E-state index in [1.807, 2.05) is 0 Å². The molecular weight excluding hydrogens is 243 g/mol. The van der Waals surface area contributed by atoms with Crippen molar-refractivity contribution in [2.75, 3.05) is 0 Å². The van der Waals surface area contributed by atoms with Crippen LogP contribution in [0.25, 0.3) is 5.65 Å². The predicted molar refractivity (Wildman–Crippen MR) is 47.9 cm³/mol. The monoisotopic (exact) mass is 246 g/mol. The van der Waals surface area contributed by atoms with Gasteiger partial charge in [0.05, 0.1) is 4.92 Å². The van der Waals surface area contributed by atoms with Crippen LogP contribution in [0.3, 0.4) is 0 Å². The van der Waals surface area contributed by atoms with Crippen molar-refractivity contribution in [1.82, 2.24) is 14.6 Å². The second-order valence-electron chi connectivity index (χ2n) is 2.78. The van der Waals surface area contributed by atoms with Gasteiger partial charge in [0.2, 0.25) is 0 Å². The normalized spacial score (nSPS) is 11.8. The van der Waals surface area contributed by atoms with Gasteiger partial charge in [-0.1, -0.05) is 3.89 Å². The van der Waals surface area contributed by atoms with E-state index in [9.17, 15) is 22.4 Å². The van der Waals surface area contributed by atoms with Crippen LogP contribution in [0.4, 0.5) is 9.57 Å². The fourth-order valence-electron chi connectivity index (χ4n) is 1.06. The number of fused-ring (bicyclic) bond motifs is 1. The molecule has 0 aliphatic rings. The van der Waals surface area contributed by atoms with Gasteiger partial charge in [-0.2, -0.15) is 13.4 Å². The van der Waals surface area contributed by atoms with Crippen LogP contribution in [0.15, 0.2) is 23.5 Å². The lowest BCUT2D eigenvalue weighted by Gasteiger charge is -1.90. The Kier molecular flexibility index (Phi) is 2.08. The molecular formula is C6H3FN4O4S. The Morgan fingerprint density at radius 3 is 2.69 bits per heavy atom. The average Bonchev–Trinajstić information content (AvgIpc) is 2.58. The van der Waals surface area contributed by atoms with Gasteiger partial charge in [0.15, 0.2) is 5.65 Å². The Morgan fingerprint density at radius 2 is 2.12 bits per heavy atom. The molecule has 0 aliphatic heterocycles. The third-order valence-corrected chi connectivity index (χ3v) is 2.33. The highest BCUT2D eigenvalue weighted by molar-refractivity contribution is 7.86. The summed E-state index contributed by atoms with van der Waals surface area (Å²) in [7, 11) is -5.01. The van der Waals surface area contributed by atoms with E-state index in [0.29, 0.717) is 0 Å². The van der Waals surface area contributed by atoms with E-state index in [0.717, 1.165) is 16.8 Å². The van der Waals surface area contributed by atoms with E-state index in [1.54, 1.807) is 0 Å². The quantitative estimate of drug-likeness (QED) is 0.428. The third kappa shape index (κ3) is 1.69. The summed E-state index contributed by atoms with van der Waals surface area (Å²) in [6.07, 6.45) is 0.941. The molecule has 10 heteroatoms. The number of aromatic nitrogens is 3. The molecule has 0 fully saturated rings. The largest absolute Gasteiger partial charge is 0.369 e. The molecule has 0 radical (unpaired) electrons. The van der Waals surface area contributed by atoms with E-state index >= 15 is 0 Å². The number of rotatable bonds is 2. The predicted octanol–water partition coefficient (Wildman–Crippen LogP) is 0.296. The second kappa shape index (κ2) is 3.20. The van der Waals surface area contributed by atoms with Crippen LogP contribution in [-0.2, 0) is 10.2 Å². The SMILES string of the molecule is O=[N+]([O-])c1ccc2nc(S(=O)(=O)F)nn2c1. The highest BCUT2D eigenvalue weighted by Crippen LogP contribution is 2.14. The summed E-state index contributed by atoms with van der Waals surface area (Å²) in [5, 5.41) is 12.6.